The van der Waals surface area contributed by atoms with E-state index in [1.807, 2.05) is 0 Å². The number of hydrogen-bond acceptors (Lipinski definition) is 3. The van der Waals surface area contributed by atoms with Crippen molar-refractivity contribution in [3.63, 3.8) is 0 Å². The molecule has 5 heteroatoms. The Morgan fingerprint density at radius 3 is 2.79 bits per heavy atom. The van der Waals surface area contributed by atoms with E-state index >= 15 is 0 Å². The van der Waals surface area contributed by atoms with Gasteiger partial charge < -0.3 is 15.0 Å². The van der Waals surface area contributed by atoms with Crippen molar-refractivity contribution in [2.24, 2.45) is 11.8 Å². The van der Waals surface area contributed by atoms with Gasteiger partial charge >= 0.3 is 0 Å². The molecule has 1 N–H and O–H groups in total. The topological polar surface area (TPSA) is 41.6 Å². The quantitative estimate of drug-likeness (QED) is 0.836. The summed E-state index contributed by atoms with van der Waals surface area (Å²) in [6.45, 7) is 5.44. The van der Waals surface area contributed by atoms with E-state index in [0.29, 0.717) is 23.9 Å². The maximum absolute atomic E-state index is 12.7. The van der Waals surface area contributed by atoms with Gasteiger partial charge in [-0.2, -0.15) is 0 Å². The molecular weight excluding hydrogens is 264 g/mol. The second-order valence-corrected chi connectivity index (χ2v) is 6.09. The van der Waals surface area contributed by atoms with E-state index in [1.54, 1.807) is 0 Å². The Bertz CT molecular complexity index is 323. The molecule has 4 nitrogen and oxygen atoms in total. The van der Waals surface area contributed by atoms with Gasteiger partial charge in [-0.15, -0.1) is 12.4 Å². The lowest BCUT2D eigenvalue weighted by Crippen LogP contribution is -2.53. The van der Waals surface area contributed by atoms with Gasteiger partial charge in [0, 0.05) is 18.5 Å². The highest BCUT2D eigenvalue weighted by Crippen LogP contribution is 2.37. The summed E-state index contributed by atoms with van der Waals surface area (Å²) in [5, 5.41) is 3.42. The number of morpholine rings is 1. The highest BCUT2D eigenvalue weighted by atomic mass is 35.5. The van der Waals surface area contributed by atoms with Crippen molar-refractivity contribution in [2.45, 2.75) is 44.7 Å². The van der Waals surface area contributed by atoms with Crippen LogP contribution >= 0.6 is 12.4 Å². The summed E-state index contributed by atoms with van der Waals surface area (Å²) in [4.78, 5) is 14.8. The molecule has 1 unspecified atom stereocenters. The van der Waals surface area contributed by atoms with E-state index in [2.05, 4.69) is 17.1 Å². The molecule has 3 rings (SSSR count). The van der Waals surface area contributed by atoms with E-state index < -0.39 is 0 Å². The Morgan fingerprint density at radius 2 is 2.11 bits per heavy atom. The summed E-state index contributed by atoms with van der Waals surface area (Å²) >= 11 is 0. The van der Waals surface area contributed by atoms with Crippen molar-refractivity contribution in [3.05, 3.63) is 0 Å². The molecule has 1 aliphatic carbocycles. The summed E-state index contributed by atoms with van der Waals surface area (Å²) in [5.74, 6) is 1.34. The molecule has 2 saturated heterocycles. The Kier molecular flexibility index (Phi) is 5.09. The standard InChI is InChI=1S/C14H24N2O2.ClH/c1-10-8-12(4-5-15-10)14(17)16-6-7-18-9-13(16)11-2-3-11;/h10-13,15H,2-9H2,1H3;1H/t10-,12-,13?;/m0./s1. The van der Waals surface area contributed by atoms with Gasteiger partial charge in [-0.3, -0.25) is 4.79 Å². The van der Waals surface area contributed by atoms with Crippen molar-refractivity contribution in [1.82, 2.24) is 10.2 Å². The Hall–Kier alpha value is -0.320. The van der Waals surface area contributed by atoms with Gasteiger partial charge in [-0.05, 0) is 45.1 Å². The number of nitrogens with one attached hydrogen (secondary N) is 1. The zero-order valence-electron chi connectivity index (χ0n) is 11.6. The van der Waals surface area contributed by atoms with E-state index in [4.69, 9.17) is 4.74 Å². The smallest absolute Gasteiger partial charge is 0.226 e. The minimum atomic E-state index is 0. The number of carbonyl (C=O) groups excluding carboxylic acids is 1. The molecule has 0 bridgehead atoms. The zero-order valence-corrected chi connectivity index (χ0v) is 12.5. The molecule has 2 aliphatic heterocycles. The fourth-order valence-corrected chi connectivity index (χ4v) is 3.36. The molecule has 3 atom stereocenters. The fourth-order valence-electron chi connectivity index (χ4n) is 3.36. The molecule has 1 saturated carbocycles. The van der Waals surface area contributed by atoms with Crippen LogP contribution in [-0.4, -0.2) is 49.2 Å². The first-order chi connectivity index (χ1) is 8.75. The fraction of sp³-hybridized carbons (Fsp3) is 0.929. The SMILES string of the molecule is C[C@H]1C[C@@H](C(=O)N2CCOCC2C2CC2)CCN1.Cl. The minimum absolute atomic E-state index is 0. The van der Waals surface area contributed by atoms with E-state index in [-0.39, 0.29) is 18.3 Å². The van der Waals surface area contributed by atoms with E-state index in [9.17, 15) is 4.79 Å². The molecule has 0 aromatic carbocycles. The van der Waals surface area contributed by atoms with Crippen LogP contribution in [0.2, 0.25) is 0 Å². The van der Waals surface area contributed by atoms with Gasteiger partial charge in [0.2, 0.25) is 5.91 Å². The third-order valence-electron chi connectivity index (χ3n) is 4.59. The number of rotatable bonds is 2. The van der Waals surface area contributed by atoms with Gasteiger partial charge in [-0.25, -0.2) is 0 Å². The molecule has 3 aliphatic rings. The van der Waals surface area contributed by atoms with Gasteiger partial charge in [0.05, 0.1) is 19.3 Å². The van der Waals surface area contributed by atoms with Crippen LogP contribution in [-0.2, 0) is 9.53 Å². The zero-order chi connectivity index (χ0) is 12.5. The predicted molar refractivity (Wildman–Crippen MR) is 76.5 cm³/mol. The summed E-state index contributed by atoms with van der Waals surface area (Å²) in [7, 11) is 0. The van der Waals surface area contributed by atoms with Crippen LogP contribution in [0, 0.1) is 11.8 Å². The maximum Gasteiger partial charge on any atom is 0.226 e. The highest BCUT2D eigenvalue weighted by Gasteiger charge is 2.41. The van der Waals surface area contributed by atoms with E-state index in [1.165, 1.54) is 12.8 Å². The normalized spacial score (nSPS) is 35.6. The number of hydrogen-bond donors (Lipinski definition) is 1. The van der Waals surface area contributed by atoms with Crippen LogP contribution in [0.5, 0.6) is 0 Å². The van der Waals surface area contributed by atoms with Gasteiger partial charge in [0.25, 0.3) is 0 Å². The number of amides is 1. The first kappa shape index (κ1) is 15.1. The molecule has 0 aromatic heterocycles. The Labute approximate surface area is 121 Å². The van der Waals surface area contributed by atoms with Crippen molar-refractivity contribution >= 4 is 18.3 Å². The van der Waals surface area contributed by atoms with Crippen LogP contribution in [0.4, 0.5) is 0 Å². The maximum atomic E-state index is 12.7. The number of piperidine rings is 1. The largest absolute Gasteiger partial charge is 0.377 e. The lowest BCUT2D eigenvalue weighted by molar-refractivity contribution is -0.146. The predicted octanol–water partition coefficient (Wildman–Crippen LogP) is 1.43. The van der Waals surface area contributed by atoms with Crippen LogP contribution in [0.3, 0.4) is 0 Å². The first-order valence-corrected chi connectivity index (χ1v) is 7.37. The van der Waals surface area contributed by atoms with Crippen molar-refractivity contribution in [1.29, 1.82) is 0 Å². The summed E-state index contributed by atoms with van der Waals surface area (Å²) in [6.07, 6.45) is 4.55. The lowest BCUT2D eigenvalue weighted by Gasteiger charge is -2.39. The molecule has 19 heavy (non-hydrogen) atoms. The number of halogens is 1. The average molecular weight is 289 g/mol. The van der Waals surface area contributed by atoms with Gasteiger partial charge in [0.15, 0.2) is 0 Å². The second-order valence-electron chi connectivity index (χ2n) is 6.09. The molecule has 0 aromatic rings. The highest BCUT2D eigenvalue weighted by molar-refractivity contribution is 5.85. The lowest BCUT2D eigenvalue weighted by atomic mass is 9.91. The van der Waals surface area contributed by atoms with Crippen LogP contribution < -0.4 is 5.32 Å². The molecule has 1 amide bonds. The molecular formula is C14H25ClN2O2. The third-order valence-corrected chi connectivity index (χ3v) is 4.59. The third kappa shape index (κ3) is 3.41. The summed E-state index contributed by atoms with van der Waals surface area (Å²) < 4.78 is 5.57. The molecule has 0 spiro atoms. The van der Waals surface area contributed by atoms with Gasteiger partial charge in [0.1, 0.15) is 0 Å². The second kappa shape index (κ2) is 6.42. The van der Waals surface area contributed by atoms with Crippen molar-refractivity contribution in [2.75, 3.05) is 26.3 Å². The Morgan fingerprint density at radius 1 is 1.32 bits per heavy atom. The monoisotopic (exact) mass is 288 g/mol. The number of nitrogens with zero attached hydrogens (tertiary/aromatic N) is 1. The molecule has 0 radical (unpaired) electrons. The average Bonchev–Trinajstić information content (AvgIpc) is 3.22. The number of ether oxygens (including phenoxy) is 1. The van der Waals surface area contributed by atoms with Gasteiger partial charge in [-0.1, -0.05) is 0 Å². The van der Waals surface area contributed by atoms with Crippen LogP contribution in [0.15, 0.2) is 0 Å². The Balaban J connectivity index is 0.00000133. The molecule has 2 heterocycles. The van der Waals surface area contributed by atoms with Crippen molar-refractivity contribution < 1.29 is 9.53 Å². The van der Waals surface area contributed by atoms with Crippen LogP contribution in [0.1, 0.15) is 32.6 Å². The molecule has 110 valence electrons. The van der Waals surface area contributed by atoms with E-state index in [0.717, 1.165) is 39.1 Å². The van der Waals surface area contributed by atoms with Crippen LogP contribution in [0.25, 0.3) is 0 Å². The molecule has 3 fully saturated rings. The number of carbonyl (C=O) groups is 1. The summed E-state index contributed by atoms with van der Waals surface area (Å²) in [5.41, 5.74) is 0. The van der Waals surface area contributed by atoms with Crippen molar-refractivity contribution in [3.8, 4) is 0 Å². The minimum Gasteiger partial charge on any atom is -0.377 e. The first-order valence-electron chi connectivity index (χ1n) is 7.37. The summed E-state index contributed by atoms with van der Waals surface area (Å²) in [6, 6.07) is 0.851.